The number of hydrogen-bond donors (Lipinski definition) is 0. The van der Waals surface area contributed by atoms with E-state index in [0.29, 0.717) is 0 Å². The van der Waals surface area contributed by atoms with Crippen LogP contribution in [-0.4, -0.2) is 14.1 Å². The zero-order chi connectivity index (χ0) is 24.6. The first kappa shape index (κ1) is 22.9. The van der Waals surface area contributed by atoms with Gasteiger partial charge in [-0.3, -0.25) is 0 Å². The van der Waals surface area contributed by atoms with Gasteiger partial charge in [0, 0.05) is 19.8 Å². The normalized spacial score (nSPS) is 11.6. The minimum atomic E-state index is 0.163. The Labute approximate surface area is 209 Å². The van der Waals surface area contributed by atoms with E-state index in [1.54, 1.807) is 0 Å². The molecule has 0 unspecified atom stereocenters. The molecule has 0 aliphatic heterocycles. The van der Waals surface area contributed by atoms with Gasteiger partial charge in [-0.25, -0.2) is 0 Å². The van der Waals surface area contributed by atoms with Crippen molar-refractivity contribution in [2.45, 2.75) is 26.2 Å². The Hall–Kier alpha value is -3.84. The van der Waals surface area contributed by atoms with Crippen molar-refractivity contribution in [1.82, 2.24) is 0 Å². The number of fused-ring (bicyclic) bond motifs is 1. The molecule has 0 saturated carbocycles. The van der Waals surface area contributed by atoms with Gasteiger partial charge in [-0.1, -0.05) is 106 Å². The lowest BCUT2D eigenvalue weighted by Crippen LogP contribution is -2.10. The summed E-state index contributed by atoms with van der Waals surface area (Å²) in [4.78, 5) is 2.15. The van der Waals surface area contributed by atoms with E-state index in [9.17, 15) is 0 Å². The van der Waals surface area contributed by atoms with Crippen LogP contribution in [0.5, 0.6) is 0 Å². The Morgan fingerprint density at radius 2 is 1.11 bits per heavy atom. The summed E-state index contributed by atoms with van der Waals surface area (Å²) in [7, 11) is 4.16. The van der Waals surface area contributed by atoms with Crippen LogP contribution in [0.15, 0.2) is 109 Å². The number of hydrogen-bond acceptors (Lipinski definition) is 1. The molecular formula is C34H33N. The molecule has 0 atom stereocenters. The topological polar surface area (TPSA) is 3.24 Å². The molecule has 0 N–H and O–H groups in total. The van der Waals surface area contributed by atoms with Crippen molar-refractivity contribution in [3.05, 3.63) is 115 Å². The smallest absolute Gasteiger partial charge is 0.0367 e. The molecule has 0 heterocycles. The Kier molecular flexibility index (Phi) is 5.94. The van der Waals surface area contributed by atoms with Gasteiger partial charge < -0.3 is 4.90 Å². The number of nitrogens with zero attached hydrogens (tertiary/aromatic N) is 1. The van der Waals surface area contributed by atoms with E-state index in [2.05, 4.69) is 149 Å². The maximum Gasteiger partial charge on any atom is 0.0367 e. The zero-order valence-electron chi connectivity index (χ0n) is 21.3. The summed E-state index contributed by atoms with van der Waals surface area (Å²) < 4.78 is 0. The van der Waals surface area contributed by atoms with Gasteiger partial charge in [0.1, 0.15) is 0 Å². The highest BCUT2D eigenvalue weighted by molar-refractivity contribution is 5.99. The Balaban J connectivity index is 1.53. The van der Waals surface area contributed by atoms with Crippen LogP contribution in [0.1, 0.15) is 26.3 Å². The fourth-order valence-corrected chi connectivity index (χ4v) is 4.71. The molecule has 0 aromatic heterocycles. The quantitative estimate of drug-likeness (QED) is 0.261. The molecule has 5 rings (SSSR count). The van der Waals surface area contributed by atoms with Crippen LogP contribution >= 0.6 is 0 Å². The first-order chi connectivity index (χ1) is 16.8. The van der Waals surface area contributed by atoms with Crippen molar-refractivity contribution in [1.29, 1.82) is 0 Å². The molecule has 0 bridgehead atoms. The highest BCUT2D eigenvalue weighted by Crippen LogP contribution is 2.35. The minimum absolute atomic E-state index is 0.163. The van der Waals surface area contributed by atoms with Crippen molar-refractivity contribution >= 4 is 16.5 Å². The second-order valence-corrected chi connectivity index (χ2v) is 10.6. The number of anilines is 1. The minimum Gasteiger partial charge on any atom is -0.378 e. The average molecular weight is 456 g/mol. The van der Waals surface area contributed by atoms with E-state index >= 15 is 0 Å². The molecule has 1 heteroatoms. The third kappa shape index (κ3) is 4.72. The van der Waals surface area contributed by atoms with E-state index < -0.39 is 0 Å². The van der Waals surface area contributed by atoms with Gasteiger partial charge in [0.15, 0.2) is 0 Å². The first-order valence-corrected chi connectivity index (χ1v) is 12.3. The molecular weight excluding hydrogens is 422 g/mol. The summed E-state index contributed by atoms with van der Waals surface area (Å²) in [6.07, 6.45) is 0. The van der Waals surface area contributed by atoms with Crippen molar-refractivity contribution in [2.24, 2.45) is 0 Å². The zero-order valence-corrected chi connectivity index (χ0v) is 21.3. The van der Waals surface area contributed by atoms with Gasteiger partial charge in [0.2, 0.25) is 0 Å². The third-order valence-corrected chi connectivity index (χ3v) is 6.83. The van der Waals surface area contributed by atoms with Gasteiger partial charge in [-0.2, -0.15) is 0 Å². The first-order valence-electron chi connectivity index (χ1n) is 12.3. The summed E-state index contributed by atoms with van der Waals surface area (Å²) >= 11 is 0. The molecule has 5 aromatic rings. The van der Waals surface area contributed by atoms with Crippen LogP contribution in [-0.2, 0) is 5.41 Å². The fourth-order valence-electron chi connectivity index (χ4n) is 4.71. The average Bonchev–Trinajstić information content (AvgIpc) is 2.87. The molecule has 5 aromatic carbocycles. The molecule has 1 nitrogen and oxygen atoms in total. The van der Waals surface area contributed by atoms with Gasteiger partial charge in [0.05, 0.1) is 0 Å². The van der Waals surface area contributed by atoms with E-state index in [-0.39, 0.29) is 5.41 Å². The molecule has 0 aliphatic rings. The van der Waals surface area contributed by atoms with E-state index in [1.165, 1.54) is 55.4 Å². The monoisotopic (exact) mass is 455 g/mol. The second kappa shape index (κ2) is 9.07. The molecule has 0 spiro atoms. The maximum atomic E-state index is 2.31. The van der Waals surface area contributed by atoms with Gasteiger partial charge >= 0.3 is 0 Å². The van der Waals surface area contributed by atoms with Crippen molar-refractivity contribution < 1.29 is 0 Å². The molecule has 0 amide bonds. The van der Waals surface area contributed by atoms with Gasteiger partial charge in [-0.05, 0) is 79.4 Å². The fraction of sp³-hybridized carbons (Fsp3) is 0.176. The van der Waals surface area contributed by atoms with Crippen LogP contribution in [0, 0.1) is 0 Å². The van der Waals surface area contributed by atoms with Crippen molar-refractivity contribution in [3.8, 4) is 33.4 Å². The van der Waals surface area contributed by atoms with Crippen LogP contribution in [0.25, 0.3) is 44.2 Å². The van der Waals surface area contributed by atoms with Crippen LogP contribution in [0.4, 0.5) is 5.69 Å². The third-order valence-electron chi connectivity index (χ3n) is 6.83. The predicted molar refractivity (Wildman–Crippen MR) is 153 cm³/mol. The predicted octanol–water partition coefficient (Wildman–Crippen LogP) is 9.20. The summed E-state index contributed by atoms with van der Waals surface area (Å²) in [6.45, 7) is 6.77. The largest absolute Gasteiger partial charge is 0.378 e. The lowest BCUT2D eigenvalue weighted by Gasteiger charge is -2.19. The summed E-state index contributed by atoms with van der Waals surface area (Å²) in [5, 5.41) is 2.54. The van der Waals surface area contributed by atoms with Crippen molar-refractivity contribution in [2.75, 3.05) is 19.0 Å². The lowest BCUT2D eigenvalue weighted by atomic mass is 9.86. The molecule has 0 radical (unpaired) electrons. The SMILES string of the molecule is CN(C)c1cccc(-c2ccc3c(-c4cccc(-c5ccc(C(C)(C)C)cc5)c4)cccc3c2)c1. The van der Waals surface area contributed by atoms with Crippen LogP contribution in [0.3, 0.4) is 0 Å². The Morgan fingerprint density at radius 3 is 1.83 bits per heavy atom. The summed E-state index contributed by atoms with van der Waals surface area (Å²) in [5.74, 6) is 0. The van der Waals surface area contributed by atoms with Gasteiger partial charge in [-0.15, -0.1) is 0 Å². The van der Waals surface area contributed by atoms with E-state index in [1.807, 2.05) is 0 Å². The highest BCUT2D eigenvalue weighted by atomic mass is 15.1. The standard InChI is InChI=1S/C34H33N/c1-34(2,3)30-18-15-24(16-19-30)25-9-6-11-28(21-25)32-14-8-12-29-22-27(17-20-33(29)32)26-10-7-13-31(23-26)35(4)5/h6-23H,1-5H3. The number of benzene rings is 5. The molecule has 0 saturated heterocycles. The van der Waals surface area contributed by atoms with E-state index in [0.717, 1.165) is 0 Å². The van der Waals surface area contributed by atoms with Crippen LogP contribution < -0.4 is 4.90 Å². The number of rotatable bonds is 4. The van der Waals surface area contributed by atoms with Crippen LogP contribution in [0.2, 0.25) is 0 Å². The molecule has 0 fully saturated rings. The van der Waals surface area contributed by atoms with Crippen molar-refractivity contribution in [3.63, 3.8) is 0 Å². The molecule has 35 heavy (non-hydrogen) atoms. The molecule has 0 aliphatic carbocycles. The Morgan fingerprint density at radius 1 is 0.514 bits per heavy atom. The summed E-state index contributed by atoms with van der Waals surface area (Å²) in [5.41, 5.74) is 10.2. The Bertz CT molecular complexity index is 1480. The van der Waals surface area contributed by atoms with E-state index in [4.69, 9.17) is 0 Å². The second-order valence-electron chi connectivity index (χ2n) is 10.6. The highest BCUT2D eigenvalue weighted by Gasteiger charge is 2.13. The summed E-state index contributed by atoms with van der Waals surface area (Å²) in [6, 6.07) is 40.1. The van der Waals surface area contributed by atoms with Gasteiger partial charge in [0.25, 0.3) is 0 Å². The lowest BCUT2D eigenvalue weighted by molar-refractivity contribution is 0.590. The molecule has 174 valence electrons. The maximum absolute atomic E-state index is 2.31.